The van der Waals surface area contributed by atoms with Gasteiger partial charge in [0.25, 0.3) is 29.2 Å². The number of amides is 4. The smallest absolute Gasteiger partial charge is 0.269 e. The number of rotatable bonds is 9. The Morgan fingerprint density at radius 1 is 0.855 bits per heavy atom. The van der Waals surface area contributed by atoms with E-state index in [9.17, 15) is 28.8 Å². The first-order chi connectivity index (χ1) is 29.7. The van der Waals surface area contributed by atoms with Crippen LogP contribution in [0.15, 0.2) is 47.5 Å². The molecule has 0 bridgehead atoms. The lowest BCUT2D eigenvalue weighted by Gasteiger charge is -2.43. The lowest BCUT2D eigenvalue weighted by atomic mass is 9.91. The van der Waals surface area contributed by atoms with Crippen molar-refractivity contribution in [3.05, 3.63) is 75.3 Å². The molecule has 5 aliphatic rings. The largest absolute Gasteiger partial charge is 0.368 e. The molecule has 1 saturated carbocycles. The number of carbonyl (C=O) groups is 5. The van der Waals surface area contributed by atoms with Gasteiger partial charge in [-0.15, -0.1) is 0 Å². The van der Waals surface area contributed by atoms with Crippen LogP contribution in [0.4, 0.5) is 31.9 Å². The second kappa shape index (κ2) is 15.9. The van der Waals surface area contributed by atoms with Crippen LogP contribution in [0.1, 0.15) is 94.5 Å². The molecule has 16 nitrogen and oxygen atoms in total. The quantitative estimate of drug-likeness (QED) is 0.183. The number of likely N-dealkylation sites (tertiary alicyclic amines) is 1. The maximum absolute atomic E-state index is 15.8. The van der Waals surface area contributed by atoms with Gasteiger partial charge >= 0.3 is 0 Å². The number of fused-ring (bicyclic) bond motifs is 2. The number of Topliss-reactive ketones (excluding diaryl/α,β-unsaturated/α-hetero) is 1. The Morgan fingerprint density at radius 2 is 1.58 bits per heavy atom. The molecule has 18 heteroatoms. The van der Waals surface area contributed by atoms with E-state index in [1.165, 1.54) is 26.1 Å². The Balaban J connectivity index is 0.800. The number of piperidine rings is 2. The number of hydrogen-bond acceptors (Lipinski definition) is 13. The first-order valence-electron chi connectivity index (χ1n) is 21.3. The van der Waals surface area contributed by atoms with Crippen LogP contribution in [0.25, 0.3) is 11.0 Å². The Kier molecular flexibility index (Phi) is 10.6. The molecular formula is C44H48F2N10O6. The summed E-state index contributed by atoms with van der Waals surface area (Å²) in [6, 6.07) is 7.12. The van der Waals surface area contributed by atoms with Gasteiger partial charge in [-0.25, -0.2) is 18.7 Å². The van der Waals surface area contributed by atoms with Gasteiger partial charge < -0.3 is 15.1 Å². The zero-order chi connectivity index (χ0) is 43.6. The van der Waals surface area contributed by atoms with Crippen LogP contribution in [0.3, 0.4) is 0 Å². The van der Waals surface area contributed by atoms with Gasteiger partial charge in [-0.1, -0.05) is 12.8 Å². The van der Waals surface area contributed by atoms with Crippen molar-refractivity contribution >= 4 is 63.6 Å². The molecule has 1 aromatic carbocycles. The standard InChI is InChI=1S/C44H48F2N10O6/c1-25-33-22-48-43(50-38(33)55(28-6-4-5-7-28)42(62)37(25)26(2)57)49-35-12-9-30(21-47-35)53-18-16-52(17-19-53)23-27-14-15-54(24-44(27,45)46)29-8-10-31-32(20-29)40(60)56(39(31)59)34-11-13-36(58)51(3)41(34)61/h8-10,12,20-22,27-28,34H,4-7,11,13-19,23-24H2,1-3H3,(H,47,48,49,50). The third kappa shape index (κ3) is 7.26. The number of alkyl halides is 2. The summed E-state index contributed by atoms with van der Waals surface area (Å²) in [5.41, 5.74) is 2.41. The third-order valence-electron chi connectivity index (χ3n) is 13.4. The predicted molar refractivity (Wildman–Crippen MR) is 225 cm³/mol. The average Bonchev–Trinajstić information content (AvgIpc) is 3.87. The summed E-state index contributed by atoms with van der Waals surface area (Å²) < 4.78 is 33.4. The number of piperazine rings is 1. The second-order valence-corrected chi connectivity index (χ2v) is 17.1. The molecule has 2 unspecified atom stereocenters. The fourth-order valence-electron chi connectivity index (χ4n) is 9.87. The summed E-state index contributed by atoms with van der Waals surface area (Å²) in [5, 5.41) is 3.82. The highest BCUT2D eigenvalue weighted by Crippen LogP contribution is 2.38. The van der Waals surface area contributed by atoms with Crippen molar-refractivity contribution in [2.24, 2.45) is 5.92 Å². The van der Waals surface area contributed by atoms with Crippen molar-refractivity contribution in [3.63, 3.8) is 0 Å². The van der Waals surface area contributed by atoms with Crippen LogP contribution in [0.2, 0.25) is 0 Å². The highest BCUT2D eigenvalue weighted by Gasteiger charge is 2.48. The Morgan fingerprint density at radius 3 is 2.27 bits per heavy atom. The molecule has 7 heterocycles. The van der Waals surface area contributed by atoms with Crippen molar-refractivity contribution < 1.29 is 32.8 Å². The lowest BCUT2D eigenvalue weighted by molar-refractivity contribution is -0.149. The third-order valence-corrected chi connectivity index (χ3v) is 13.4. The number of benzene rings is 1. The minimum absolute atomic E-state index is 0.0275. The molecule has 3 aromatic heterocycles. The normalized spacial score (nSPS) is 22.3. The number of likely N-dealkylation sites (N-methyl/N-ethyl adjacent to an activating group) is 1. The molecule has 0 spiro atoms. The molecule has 4 amide bonds. The van der Waals surface area contributed by atoms with E-state index < -0.39 is 42.1 Å². The summed E-state index contributed by atoms with van der Waals surface area (Å²) in [6.07, 6.45) is 7.40. The molecule has 1 aliphatic carbocycles. The summed E-state index contributed by atoms with van der Waals surface area (Å²) >= 11 is 0. The Hall–Kier alpha value is -6.17. The van der Waals surface area contributed by atoms with Gasteiger partial charge in [0.2, 0.25) is 11.9 Å². The molecule has 4 aliphatic heterocycles. The number of nitrogens with zero attached hydrogens (tertiary/aromatic N) is 9. The van der Waals surface area contributed by atoms with Gasteiger partial charge in [0.15, 0.2) is 5.78 Å². The number of ketones is 1. The summed E-state index contributed by atoms with van der Waals surface area (Å²) in [7, 11) is 1.32. The maximum Gasteiger partial charge on any atom is 0.269 e. The van der Waals surface area contributed by atoms with Crippen LogP contribution < -0.4 is 20.7 Å². The number of nitrogens with one attached hydrogen (secondary N) is 1. The van der Waals surface area contributed by atoms with E-state index in [0.717, 1.165) is 41.2 Å². The fourth-order valence-corrected chi connectivity index (χ4v) is 9.87. The van der Waals surface area contributed by atoms with Crippen molar-refractivity contribution in [2.75, 3.05) is 68.0 Å². The molecule has 4 aromatic rings. The molecule has 0 radical (unpaired) electrons. The van der Waals surface area contributed by atoms with E-state index in [1.807, 2.05) is 12.1 Å². The molecule has 62 heavy (non-hydrogen) atoms. The van der Waals surface area contributed by atoms with E-state index in [4.69, 9.17) is 4.98 Å². The SMILES string of the molecule is CC(=O)c1c(C)c2cnc(Nc3ccc(N4CCN(CC5CCN(c6ccc7c(c6)C(=O)N(C6CCC(=O)N(C)C6=O)C7=O)CC5(F)F)CC4)cn3)nc2n(C2CCCC2)c1=O. The molecule has 324 valence electrons. The molecular weight excluding hydrogens is 803 g/mol. The molecule has 3 saturated heterocycles. The molecule has 2 atom stereocenters. The Labute approximate surface area is 355 Å². The number of halogens is 2. The summed E-state index contributed by atoms with van der Waals surface area (Å²) in [5.74, 6) is -5.66. The zero-order valence-corrected chi connectivity index (χ0v) is 34.9. The molecule has 1 N–H and O–H groups in total. The van der Waals surface area contributed by atoms with Crippen molar-refractivity contribution in [2.45, 2.75) is 76.8 Å². The van der Waals surface area contributed by atoms with Crippen LogP contribution in [-0.2, 0) is 9.59 Å². The summed E-state index contributed by atoms with van der Waals surface area (Å²) in [6.45, 7) is 5.67. The predicted octanol–water partition coefficient (Wildman–Crippen LogP) is 4.58. The van der Waals surface area contributed by atoms with Crippen molar-refractivity contribution in [1.82, 2.24) is 34.2 Å². The van der Waals surface area contributed by atoms with E-state index in [1.54, 1.807) is 34.9 Å². The summed E-state index contributed by atoms with van der Waals surface area (Å²) in [4.78, 5) is 99.0. The highest BCUT2D eigenvalue weighted by atomic mass is 19.3. The van der Waals surface area contributed by atoms with E-state index in [2.05, 4.69) is 25.1 Å². The fraction of sp³-hybridized carbons (Fsp3) is 0.477. The van der Waals surface area contributed by atoms with E-state index in [-0.39, 0.29) is 71.7 Å². The number of carbonyl (C=O) groups excluding carboxylic acids is 5. The van der Waals surface area contributed by atoms with Crippen LogP contribution in [0.5, 0.6) is 0 Å². The van der Waals surface area contributed by atoms with Gasteiger partial charge in [-0.05, 0) is 75.4 Å². The first-order valence-corrected chi connectivity index (χ1v) is 21.3. The van der Waals surface area contributed by atoms with Crippen molar-refractivity contribution in [3.8, 4) is 0 Å². The van der Waals surface area contributed by atoms with Gasteiger partial charge in [0.1, 0.15) is 17.5 Å². The maximum atomic E-state index is 15.8. The topological polar surface area (TPSA) is 174 Å². The van der Waals surface area contributed by atoms with Gasteiger partial charge in [0.05, 0.1) is 35.1 Å². The van der Waals surface area contributed by atoms with E-state index >= 15 is 8.78 Å². The molecule has 9 rings (SSSR count). The molecule has 4 fully saturated rings. The number of imide groups is 2. The van der Waals surface area contributed by atoms with Crippen LogP contribution >= 0.6 is 0 Å². The van der Waals surface area contributed by atoms with Crippen molar-refractivity contribution in [1.29, 1.82) is 0 Å². The van der Waals surface area contributed by atoms with Gasteiger partial charge in [-0.2, -0.15) is 4.98 Å². The monoisotopic (exact) mass is 850 g/mol. The number of hydrogen-bond donors (Lipinski definition) is 1. The number of pyridine rings is 2. The van der Waals surface area contributed by atoms with E-state index in [0.29, 0.717) is 60.8 Å². The van der Waals surface area contributed by atoms with Gasteiger partial charge in [0, 0.05) is 82.0 Å². The second-order valence-electron chi connectivity index (χ2n) is 17.1. The number of aryl methyl sites for hydroxylation is 1. The Bertz CT molecular complexity index is 2570. The highest BCUT2D eigenvalue weighted by molar-refractivity contribution is 6.23. The van der Waals surface area contributed by atoms with Crippen LogP contribution in [0, 0.1) is 12.8 Å². The van der Waals surface area contributed by atoms with Gasteiger partial charge in [-0.3, -0.25) is 48.0 Å². The lowest BCUT2D eigenvalue weighted by Crippen LogP contribution is -2.55. The zero-order valence-electron chi connectivity index (χ0n) is 34.9. The minimum atomic E-state index is -3.02. The number of anilines is 4. The average molecular weight is 851 g/mol. The first kappa shape index (κ1) is 41.2. The minimum Gasteiger partial charge on any atom is -0.368 e. The van der Waals surface area contributed by atoms with Crippen LogP contribution in [-0.4, -0.2) is 128 Å². The number of aromatic nitrogens is 4.